The molecule has 0 radical (unpaired) electrons. The Bertz CT molecular complexity index is 542. The maximum atomic E-state index is 13.1. The Morgan fingerprint density at radius 1 is 1.17 bits per heavy atom. The van der Waals surface area contributed by atoms with Gasteiger partial charge < -0.3 is 10.5 Å². The highest BCUT2D eigenvalue weighted by molar-refractivity contribution is 5.85. The van der Waals surface area contributed by atoms with Gasteiger partial charge in [-0.25, -0.2) is 4.39 Å². The standard InChI is InChI=1S/C14H14FNO.ClH/c15-13(7-8-16)10-17-14-6-5-11-3-1-2-4-12(11)9-14;/h1-7,9H,8,10,16H2;1H/b13-7-;. The molecule has 0 saturated heterocycles. The first-order valence-electron chi connectivity index (χ1n) is 5.46. The van der Waals surface area contributed by atoms with Crippen molar-refractivity contribution in [1.29, 1.82) is 0 Å². The molecule has 0 aliphatic carbocycles. The number of fused-ring (bicyclic) bond motifs is 1. The van der Waals surface area contributed by atoms with E-state index in [0.29, 0.717) is 5.75 Å². The van der Waals surface area contributed by atoms with Crippen molar-refractivity contribution in [3.8, 4) is 5.75 Å². The molecular formula is C14H15ClFNO. The number of hydrogen-bond acceptors (Lipinski definition) is 2. The SMILES string of the molecule is Cl.NC/C=C(\F)COc1ccc2ccccc2c1. The fraction of sp³-hybridized carbons (Fsp3) is 0.143. The predicted molar refractivity (Wildman–Crippen MR) is 74.9 cm³/mol. The van der Waals surface area contributed by atoms with E-state index in [0.717, 1.165) is 10.8 Å². The van der Waals surface area contributed by atoms with Gasteiger partial charge >= 0.3 is 0 Å². The first kappa shape index (κ1) is 14.5. The number of halogens is 2. The van der Waals surface area contributed by atoms with Crippen LogP contribution in [0.2, 0.25) is 0 Å². The van der Waals surface area contributed by atoms with Gasteiger partial charge in [0.2, 0.25) is 0 Å². The number of nitrogens with two attached hydrogens (primary N) is 1. The maximum absolute atomic E-state index is 13.1. The zero-order valence-corrected chi connectivity index (χ0v) is 10.6. The van der Waals surface area contributed by atoms with Crippen molar-refractivity contribution in [2.24, 2.45) is 5.73 Å². The summed E-state index contributed by atoms with van der Waals surface area (Å²) in [5.74, 6) is 0.310. The van der Waals surface area contributed by atoms with Crippen molar-refractivity contribution < 1.29 is 9.13 Å². The van der Waals surface area contributed by atoms with Crippen LogP contribution in [0, 0.1) is 0 Å². The van der Waals surface area contributed by atoms with Crippen LogP contribution in [0.3, 0.4) is 0 Å². The van der Waals surface area contributed by atoms with Gasteiger partial charge in [-0.1, -0.05) is 30.3 Å². The van der Waals surface area contributed by atoms with Crippen LogP contribution in [-0.4, -0.2) is 13.2 Å². The molecule has 2 aromatic rings. The van der Waals surface area contributed by atoms with Gasteiger partial charge in [0.25, 0.3) is 0 Å². The second-order valence-electron chi connectivity index (χ2n) is 3.68. The largest absolute Gasteiger partial charge is 0.486 e. The van der Waals surface area contributed by atoms with Gasteiger partial charge in [-0.15, -0.1) is 12.4 Å². The number of hydrogen-bond donors (Lipinski definition) is 1. The molecule has 2 N–H and O–H groups in total. The van der Waals surface area contributed by atoms with E-state index in [4.69, 9.17) is 10.5 Å². The Hall–Kier alpha value is -1.58. The number of ether oxygens (including phenoxy) is 1. The second-order valence-corrected chi connectivity index (χ2v) is 3.68. The van der Waals surface area contributed by atoms with Crippen LogP contribution in [-0.2, 0) is 0 Å². The average Bonchev–Trinajstić information content (AvgIpc) is 2.36. The lowest BCUT2D eigenvalue weighted by atomic mass is 10.1. The van der Waals surface area contributed by atoms with Crippen molar-refractivity contribution >= 4 is 23.2 Å². The molecule has 0 aliphatic heterocycles. The lowest BCUT2D eigenvalue weighted by Crippen LogP contribution is -2.01. The zero-order valence-electron chi connectivity index (χ0n) is 9.80. The molecule has 0 fully saturated rings. The Kier molecular flexibility index (Phi) is 5.62. The van der Waals surface area contributed by atoms with Gasteiger partial charge in [0.05, 0.1) is 0 Å². The maximum Gasteiger partial charge on any atom is 0.139 e. The van der Waals surface area contributed by atoms with E-state index in [1.165, 1.54) is 6.08 Å². The molecule has 0 spiro atoms. The van der Waals surface area contributed by atoms with Crippen LogP contribution >= 0.6 is 12.4 Å². The molecule has 0 aromatic heterocycles. The first-order chi connectivity index (χ1) is 8.29. The summed E-state index contributed by atoms with van der Waals surface area (Å²) in [6, 6.07) is 13.6. The molecule has 0 bridgehead atoms. The third kappa shape index (κ3) is 3.72. The van der Waals surface area contributed by atoms with Gasteiger partial charge in [-0.3, -0.25) is 0 Å². The van der Waals surface area contributed by atoms with E-state index in [9.17, 15) is 4.39 Å². The Morgan fingerprint density at radius 2 is 1.89 bits per heavy atom. The van der Waals surface area contributed by atoms with Crippen LogP contribution in [0.1, 0.15) is 0 Å². The highest BCUT2D eigenvalue weighted by Gasteiger charge is 1.99. The molecule has 18 heavy (non-hydrogen) atoms. The summed E-state index contributed by atoms with van der Waals surface area (Å²) in [4.78, 5) is 0. The van der Waals surface area contributed by atoms with E-state index in [2.05, 4.69) is 0 Å². The Labute approximate surface area is 112 Å². The van der Waals surface area contributed by atoms with Crippen LogP contribution in [0.15, 0.2) is 54.4 Å². The van der Waals surface area contributed by atoms with E-state index in [1.54, 1.807) is 0 Å². The van der Waals surface area contributed by atoms with Crippen LogP contribution in [0.4, 0.5) is 4.39 Å². The average molecular weight is 268 g/mol. The summed E-state index contributed by atoms with van der Waals surface area (Å²) in [5.41, 5.74) is 5.20. The Morgan fingerprint density at radius 3 is 2.61 bits per heavy atom. The summed E-state index contributed by atoms with van der Waals surface area (Å²) >= 11 is 0. The summed E-state index contributed by atoms with van der Waals surface area (Å²) in [6.45, 7) is 0.114. The monoisotopic (exact) mass is 267 g/mol. The Balaban J connectivity index is 0.00000162. The minimum absolute atomic E-state index is 0. The topological polar surface area (TPSA) is 35.2 Å². The van der Waals surface area contributed by atoms with E-state index in [1.807, 2.05) is 42.5 Å². The minimum Gasteiger partial charge on any atom is -0.486 e. The van der Waals surface area contributed by atoms with Crippen LogP contribution in [0.5, 0.6) is 5.75 Å². The summed E-state index contributed by atoms with van der Waals surface area (Å²) < 4.78 is 18.4. The van der Waals surface area contributed by atoms with Crippen molar-refractivity contribution in [3.63, 3.8) is 0 Å². The van der Waals surface area contributed by atoms with Crippen molar-refractivity contribution in [2.75, 3.05) is 13.2 Å². The third-order valence-corrected chi connectivity index (χ3v) is 2.44. The lowest BCUT2D eigenvalue weighted by molar-refractivity contribution is 0.318. The summed E-state index contributed by atoms with van der Waals surface area (Å²) in [5, 5.41) is 2.21. The van der Waals surface area contributed by atoms with E-state index < -0.39 is 0 Å². The highest BCUT2D eigenvalue weighted by atomic mass is 35.5. The molecule has 0 aliphatic rings. The number of benzene rings is 2. The van der Waals surface area contributed by atoms with Gasteiger partial charge in [-0.2, -0.15) is 0 Å². The normalized spacial score (nSPS) is 11.1. The lowest BCUT2D eigenvalue weighted by Gasteiger charge is -2.06. The molecule has 0 unspecified atom stereocenters. The quantitative estimate of drug-likeness (QED) is 0.921. The number of rotatable bonds is 4. The van der Waals surface area contributed by atoms with Crippen molar-refractivity contribution in [3.05, 3.63) is 54.4 Å². The van der Waals surface area contributed by atoms with Crippen LogP contribution in [0.25, 0.3) is 10.8 Å². The molecule has 96 valence electrons. The molecule has 0 heterocycles. The molecule has 0 amide bonds. The third-order valence-electron chi connectivity index (χ3n) is 2.44. The highest BCUT2D eigenvalue weighted by Crippen LogP contribution is 2.20. The molecule has 2 nitrogen and oxygen atoms in total. The second kappa shape index (κ2) is 6.99. The van der Waals surface area contributed by atoms with Crippen molar-refractivity contribution in [2.45, 2.75) is 0 Å². The smallest absolute Gasteiger partial charge is 0.139 e. The molecule has 2 rings (SSSR count). The summed E-state index contributed by atoms with van der Waals surface area (Å²) in [6.07, 6.45) is 1.31. The molecule has 0 saturated carbocycles. The zero-order chi connectivity index (χ0) is 12.1. The molecule has 2 aromatic carbocycles. The first-order valence-corrected chi connectivity index (χ1v) is 5.46. The van der Waals surface area contributed by atoms with E-state index >= 15 is 0 Å². The molecule has 0 atom stereocenters. The predicted octanol–water partition coefficient (Wildman–Crippen LogP) is 3.45. The fourth-order valence-electron chi connectivity index (χ4n) is 1.60. The minimum atomic E-state index is -0.347. The van der Waals surface area contributed by atoms with Crippen molar-refractivity contribution in [1.82, 2.24) is 0 Å². The molecular weight excluding hydrogens is 253 g/mol. The molecule has 4 heteroatoms. The van der Waals surface area contributed by atoms with Gasteiger partial charge in [0, 0.05) is 6.54 Å². The van der Waals surface area contributed by atoms with Crippen LogP contribution < -0.4 is 10.5 Å². The van der Waals surface area contributed by atoms with Gasteiger partial charge in [0.15, 0.2) is 0 Å². The van der Waals surface area contributed by atoms with E-state index in [-0.39, 0.29) is 31.4 Å². The fourth-order valence-corrected chi connectivity index (χ4v) is 1.60. The summed E-state index contributed by atoms with van der Waals surface area (Å²) in [7, 11) is 0. The van der Waals surface area contributed by atoms with Gasteiger partial charge in [0.1, 0.15) is 18.2 Å². The van der Waals surface area contributed by atoms with Gasteiger partial charge in [-0.05, 0) is 29.0 Å².